The van der Waals surface area contributed by atoms with Crippen LogP contribution in [-0.4, -0.2) is 30.9 Å². The fourth-order valence-electron chi connectivity index (χ4n) is 4.67. The van der Waals surface area contributed by atoms with Crippen molar-refractivity contribution in [2.75, 3.05) is 24.8 Å². The summed E-state index contributed by atoms with van der Waals surface area (Å²) in [6, 6.07) is 7.06. The summed E-state index contributed by atoms with van der Waals surface area (Å²) < 4.78 is 11.1. The van der Waals surface area contributed by atoms with Gasteiger partial charge in [-0.3, -0.25) is 0 Å². The van der Waals surface area contributed by atoms with Gasteiger partial charge in [-0.2, -0.15) is 0 Å². The Hall–Kier alpha value is -2.01. The summed E-state index contributed by atoms with van der Waals surface area (Å²) in [4.78, 5) is 7.52. The maximum atomic E-state index is 5.57. The summed E-state index contributed by atoms with van der Waals surface area (Å²) in [5, 5.41) is 4.97. The van der Waals surface area contributed by atoms with Crippen LogP contribution < -0.4 is 19.7 Å². The maximum absolute atomic E-state index is 5.57. The Labute approximate surface area is 161 Å². The molecule has 2 aromatic rings. The summed E-state index contributed by atoms with van der Waals surface area (Å²) in [5.41, 5.74) is 2.31. The van der Waals surface area contributed by atoms with Crippen LogP contribution in [0.2, 0.25) is 0 Å². The molecule has 5 rings (SSSR count). The molecule has 5 heteroatoms. The van der Waals surface area contributed by atoms with Gasteiger partial charge in [-0.15, -0.1) is 0 Å². The Morgan fingerprint density at radius 1 is 0.926 bits per heavy atom. The van der Waals surface area contributed by atoms with Crippen molar-refractivity contribution in [1.82, 2.24) is 10.3 Å². The van der Waals surface area contributed by atoms with Crippen LogP contribution in [0.25, 0.3) is 10.9 Å². The maximum Gasteiger partial charge on any atom is 0.231 e. The van der Waals surface area contributed by atoms with E-state index in [1.54, 1.807) is 0 Å². The minimum Gasteiger partial charge on any atom is -0.454 e. The lowest BCUT2D eigenvalue weighted by Crippen LogP contribution is -2.29. The van der Waals surface area contributed by atoms with E-state index >= 15 is 0 Å². The van der Waals surface area contributed by atoms with Gasteiger partial charge in [-0.1, -0.05) is 25.7 Å². The molecule has 0 unspecified atom stereocenters. The molecule has 1 saturated heterocycles. The summed E-state index contributed by atoms with van der Waals surface area (Å²) in [5.74, 6) is 2.80. The van der Waals surface area contributed by atoms with Crippen molar-refractivity contribution < 1.29 is 9.47 Å². The molecule has 0 radical (unpaired) electrons. The molecule has 0 spiro atoms. The second-order valence-electron chi connectivity index (χ2n) is 8.13. The number of nitrogens with zero attached hydrogens (tertiary/aromatic N) is 2. The number of rotatable bonds is 4. The lowest BCUT2D eigenvalue weighted by molar-refractivity contribution is 0.174. The minimum atomic E-state index is 0.306. The van der Waals surface area contributed by atoms with E-state index in [0.29, 0.717) is 12.8 Å². The highest BCUT2D eigenvalue weighted by atomic mass is 16.7. The van der Waals surface area contributed by atoms with Crippen LogP contribution in [0.15, 0.2) is 18.2 Å². The second-order valence-corrected chi connectivity index (χ2v) is 8.13. The van der Waals surface area contributed by atoms with Crippen molar-refractivity contribution in [2.24, 2.45) is 0 Å². The van der Waals surface area contributed by atoms with Gasteiger partial charge >= 0.3 is 0 Å². The van der Waals surface area contributed by atoms with Crippen LogP contribution in [0.1, 0.15) is 56.9 Å². The number of fused-ring (bicyclic) bond motifs is 2. The van der Waals surface area contributed by atoms with Crippen molar-refractivity contribution in [1.29, 1.82) is 0 Å². The lowest BCUT2D eigenvalue weighted by Gasteiger charge is -2.23. The molecule has 27 heavy (non-hydrogen) atoms. The largest absolute Gasteiger partial charge is 0.454 e. The molecule has 0 amide bonds. The molecule has 2 aliphatic heterocycles. The molecule has 1 aliphatic carbocycles. The van der Waals surface area contributed by atoms with Crippen LogP contribution >= 0.6 is 0 Å². The zero-order valence-corrected chi connectivity index (χ0v) is 16.0. The van der Waals surface area contributed by atoms with E-state index in [9.17, 15) is 0 Å². The van der Waals surface area contributed by atoms with Gasteiger partial charge in [-0.25, -0.2) is 4.98 Å². The quantitative estimate of drug-likeness (QED) is 0.813. The standard InChI is InChI=1S/C22H29N3O2/c1-2-4-8-18(7-3-1)23-14-17-11-16-12-20-21(27-15-26-20)13-19(16)24-22(17)25-9-5-6-10-25/h11-13,18,23H,1-10,14-15H2. The van der Waals surface area contributed by atoms with E-state index in [1.807, 2.05) is 6.07 Å². The molecule has 1 aromatic heterocycles. The number of nitrogens with one attached hydrogen (secondary N) is 1. The third-order valence-corrected chi connectivity index (χ3v) is 6.21. The average Bonchev–Trinajstić information content (AvgIpc) is 3.31. The predicted octanol–water partition coefficient (Wildman–Crippen LogP) is 4.38. The molecule has 1 aromatic carbocycles. The highest BCUT2D eigenvalue weighted by Crippen LogP contribution is 2.37. The monoisotopic (exact) mass is 367 g/mol. The highest BCUT2D eigenvalue weighted by Gasteiger charge is 2.21. The third kappa shape index (κ3) is 3.57. The minimum absolute atomic E-state index is 0.306. The summed E-state index contributed by atoms with van der Waals surface area (Å²) in [6.07, 6.45) is 10.6. The fraction of sp³-hybridized carbons (Fsp3) is 0.591. The topological polar surface area (TPSA) is 46.6 Å². The summed E-state index contributed by atoms with van der Waals surface area (Å²) in [6.45, 7) is 3.42. The van der Waals surface area contributed by atoms with Gasteiger partial charge < -0.3 is 19.7 Å². The van der Waals surface area contributed by atoms with Gasteiger partial charge in [0.05, 0.1) is 5.52 Å². The lowest BCUT2D eigenvalue weighted by atomic mass is 10.1. The van der Waals surface area contributed by atoms with Crippen LogP contribution in [0.3, 0.4) is 0 Å². The number of hydrogen-bond donors (Lipinski definition) is 1. The first-order valence-corrected chi connectivity index (χ1v) is 10.6. The second kappa shape index (κ2) is 7.55. The zero-order chi connectivity index (χ0) is 18.1. The van der Waals surface area contributed by atoms with Gasteiger partial charge in [0.2, 0.25) is 6.79 Å². The van der Waals surface area contributed by atoms with Crippen LogP contribution in [0, 0.1) is 0 Å². The van der Waals surface area contributed by atoms with E-state index in [2.05, 4.69) is 22.3 Å². The number of ether oxygens (including phenoxy) is 2. The fourth-order valence-corrected chi connectivity index (χ4v) is 4.67. The molecular weight excluding hydrogens is 338 g/mol. The number of aromatic nitrogens is 1. The van der Waals surface area contributed by atoms with E-state index in [-0.39, 0.29) is 0 Å². The van der Waals surface area contributed by atoms with E-state index in [1.165, 1.54) is 56.9 Å². The molecule has 3 heterocycles. The van der Waals surface area contributed by atoms with Crippen LogP contribution in [0.5, 0.6) is 11.5 Å². The molecule has 0 bridgehead atoms. The SMILES string of the molecule is c1c(CNC2CCCCCC2)c(N2CCCC2)nc2cc3c(cc12)OCO3. The van der Waals surface area contributed by atoms with Gasteiger partial charge in [-0.05, 0) is 37.8 Å². The van der Waals surface area contributed by atoms with E-state index in [4.69, 9.17) is 14.5 Å². The van der Waals surface area contributed by atoms with E-state index in [0.717, 1.165) is 47.9 Å². The molecule has 0 atom stereocenters. The third-order valence-electron chi connectivity index (χ3n) is 6.21. The Balaban J connectivity index is 1.46. The summed E-state index contributed by atoms with van der Waals surface area (Å²) >= 11 is 0. The first-order valence-electron chi connectivity index (χ1n) is 10.6. The molecule has 1 saturated carbocycles. The number of benzene rings is 1. The van der Waals surface area contributed by atoms with Crippen LogP contribution in [0.4, 0.5) is 5.82 Å². The Kier molecular flexibility index (Phi) is 4.78. The van der Waals surface area contributed by atoms with Crippen molar-refractivity contribution in [3.05, 3.63) is 23.8 Å². The number of hydrogen-bond acceptors (Lipinski definition) is 5. The predicted molar refractivity (Wildman–Crippen MR) is 108 cm³/mol. The van der Waals surface area contributed by atoms with Gasteiger partial charge in [0.25, 0.3) is 0 Å². The Morgan fingerprint density at radius 2 is 1.67 bits per heavy atom. The van der Waals surface area contributed by atoms with Crippen molar-refractivity contribution in [3.8, 4) is 11.5 Å². The number of pyridine rings is 1. The zero-order valence-electron chi connectivity index (χ0n) is 16.0. The van der Waals surface area contributed by atoms with Crippen molar-refractivity contribution in [2.45, 2.75) is 64.0 Å². The van der Waals surface area contributed by atoms with E-state index < -0.39 is 0 Å². The Morgan fingerprint density at radius 3 is 2.44 bits per heavy atom. The Bertz CT molecular complexity index is 809. The first-order chi connectivity index (χ1) is 13.4. The smallest absolute Gasteiger partial charge is 0.231 e. The van der Waals surface area contributed by atoms with Crippen molar-refractivity contribution >= 4 is 16.7 Å². The molecule has 2 fully saturated rings. The first kappa shape index (κ1) is 17.1. The van der Waals surface area contributed by atoms with Crippen LogP contribution in [-0.2, 0) is 6.54 Å². The molecular formula is C22H29N3O2. The molecule has 144 valence electrons. The molecule has 1 N–H and O–H groups in total. The van der Waals surface area contributed by atoms with Gasteiger partial charge in [0.15, 0.2) is 11.5 Å². The normalized spacial score (nSPS) is 20.4. The molecule has 3 aliphatic rings. The highest BCUT2D eigenvalue weighted by molar-refractivity contribution is 5.85. The van der Waals surface area contributed by atoms with Gasteiger partial charge in [0.1, 0.15) is 5.82 Å². The van der Waals surface area contributed by atoms with Gasteiger partial charge in [0, 0.05) is 42.7 Å². The average molecular weight is 367 g/mol. The summed E-state index contributed by atoms with van der Waals surface area (Å²) in [7, 11) is 0. The van der Waals surface area contributed by atoms with Crippen molar-refractivity contribution in [3.63, 3.8) is 0 Å². The number of anilines is 1. The molecule has 5 nitrogen and oxygen atoms in total.